The molecular formula is C14H18N4O. The van der Waals surface area contributed by atoms with Crippen LogP contribution in [-0.2, 0) is 4.79 Å². The molecule has 1 aromatic carbocycles. The Balaban J connectivity index is 2.14. The summed E-state index contributed by atoms with van der Waals surface area (Å²) >= 11 is 0. The zero-order valence-electron chi connectivity index (χ0n) is 11.1. The normalized spacial score (nSPS) is 13.8. The van der Waals surface area contributed by atoms with Gasteiger partial charge in [-0.1, -0.05) is 19.1 Å². The number of benzene rings is 1. The highest BCUT2D eigenvalue weighted by Gasteiger charge is 2.17. The molecule has 0 bridgehead atoms. The van der Waals surface area contributed by atoms with E-state index < -0.39 is 0 Å². The van der Waals surface area contributed by atoms with Crippen LogP contribution in [0.25, 0.3) is 11.4 Å². The average Bonchev–Trinajstić information content (AvgIpc) is 2.91. The van der Waals surface area contributed by atoms with Gasteiger partial charge in [0, 0.05) is 29.7 Å². The summed E-state index contributed by atoms with van der Waals surface area (Å²) in [5.41, 5.74) is 7.39. The van der Waals surface area contributed by atoms with Crippen LogP contribution >= 0.6 is 0 Å². The molecule has 0 aliphatic rings. The molecule has 0 fully saturated rings. The second-order valence-electron chi connectivity index (χ2n) is 4.66. The number of nitrogens with zero attached hydrogens (tertiary/aromatic N) is 1. The summed E-state index contributed by atoms with van der Waals surface area (Å²) in [5, 5.41) is 2.86. The fraction of sp³-hybridized carbons (Fsp3) is 0.286. The van der Waals surface area contributed by atoms with Gasteiger partial charge < -0.3 is 16.0 Å². The molecule has 0 radical (unpaired) electrons. The standard InChI is InChI=1S/C14H18N4O/c1-9(10(2)15)14(19)18-12-5-3-4-11(8-12)13-16-6-7-17-13/h3-10H,15H2,1-2H3,(H,16,17)(H,18,19). The van der Waals surface area contributed by atoms with Crippen LogP contribution in [-0.4, -0.2) is 21.9 Å². The first kappa shape index (κ1) is 13.3. The van der Waals surface area contributed by atoms with Crippen molar-refractivity contribution in [1.82, 2.24) is 9.97 Å². The van der Waals surface area contributed by atoms with E-state index in [-0.39, 0.29) is 17.9 Å². The lowest BCUT2D eigenvalue weighted by atomic mass is 10.0. The number of imidazole rings is 1. The molecule has 1 amide bonds. The Hall–Kier alpha value is -2.14. The molecule has 0 saturated carbocycles. The van der Waals surface area contributed by atoms with Gasteiger partial charge in [0.2, 0.25) is 5.91 Å². The van der Waals surface area contributed by atoms with E-state index in [9.17, 15) is 4.79 Å². The summed E-state index contributed by atoms with van der Waals surface area (Å²) in [4.78, 5) is 19.2. The van der Waals surface area contributed by atoms with E-state index in [0.29, 0.717) is 0 Å². The fourth-order valence-corrected chi connectivity index (χ4v) is 1.66. The highest BCUT2D eigenvalue weighted by atomic mass is 16.1. The van der Waals surface area contributed by atoms with E-state index in [4.69, 9.17) is 5.73 Å². The first-order valence-electron chi connectivity index (χ1n) is 6.24. The lowest BCUT2D eigenvalue weighted by Gasteiger charge is -2.15. The molecule has 2 unspecified atom stereocenters. The number of anilines is 1. The molecule has 0 aliphatic carbocycles. The molecule has 100 valence electrons. The number of carbonyl (C=O) groups is 1. The molecule has 2 atom stereocenters. The highest BCUT2D eigenvalue weighted by Crippen LogP contribution is 2.19. The third-order valence-electron chi connectivity index (χ3n) is 3.10. The van der Waals surface area contributed by atoms with Crippen molar-refractivity contribution in [2.24, 2.45) is 11.7 Å². The van der Waals surface area contributed by atoms with Crippen LogP contribution in [0.5, 0.6) is 0 Å². The van der Waals surface area contributed by atoms with Gasteiger partial charge in [-0.3, -0.25) is 4.79 Å². The smallest absolute Gasteiger partial charge is 0.228 e. The largest absolute Gasteiger partial charge is 0.345 e. The zero-order valence-corrected chi connectivity index (χ0v) is 11.1. The van der Waals surface area contributed by atoms with Gasteiger partial charge in [-0.25, -0.2) is 4.98 Å². The van der Waals surface area contributed by atoms with Crippen molar-refractivity contribution >= 4 is 11.6 Å². The van der Waals surface area contributed by atoms with Crippen LogP contribution in [0.3, 0.4) is 0 Å². The van der Waals surface area contributed by atoms with E-state index in [1.165, 1.54) is 0 Å². The molecule has 2 aromatic rings. The number of hydrogen-bond donors (Lipinski definition) is 3. The Morgan fingerprint density at radius 2 is 2.21 bits per heavy atom. The molecular weight excluding hydrogens is 240 g/mol. The summed E-state index contributed by atoms with van der Waals surface area (Å²) in [5.74, 6) is 0.468. The van der Waals surface area contributed by atoms with Crippen LogP contribution in [0.2, 0.25) is 0 Å². The third-order valence-corrected chi connectivity index (χ3v) is 3.10. The third kappa shape index (κ3) is 3.20. The summed E-state index contributed by atoms with van der Waals surface area (Å²) in [6.07, 6.45) is 3.46. The minimum atomic E-state index is -0.229. The maximum absolute atomic E-state index is 11.9. The van der Waals surface area contributed by atoms with Crippen LogP contribution in [0.1, 0.15) is 13.8 Å². The highest BCUT2D eigenvalue weighted by molar-refractivity contribution is 5.93. The molecule has 0 aliphatic heterocycles. The van der Waals surface area contributed by atoms with Gasteiger partial charge in [0.1, 0.15) is 5.82 Å². The first-order valence-corrected chi connectivity index (χ1v) is 6.24. The monoisotopic (exact) mass is 258 g/mol. The summed E-state index contributed by atoms with van der Waals surface area (Å²) in [7, 11) is 0. The number of hydrogen-bond acceptors (Lipinski definition) is 3. The maximum Gasteiger partial charge on any atom is 0.228 e. The van der Waals surface area contributed by atoms with Gasteiger partial charge >= 0.3 is 0 Å². The molecule has 2 rings (SSSR count). The van der Waals surface area contributed by atoms with Crippen LogP contribution < -0.4 is 11.1 Å². The van der Waals surface area contributed by atoms with Crippen LogP contribution in [0.15, 0.2) is 36.7 Å². The van der Waals surface area contributed by atoms with Gasteiger partial charge in [0.25, 0.3) is 0 Å². The van der Waals surface area contributed by atoms with Crippen LogP contribution in [0.4, 0.5) is 5.69 Å². The van der Waals surface area contributed by atoms with Gasteiger partial charge in [-0.05, 0) is 19.1 Å². The number of nitrogens with one attached hydrogen (secondary N) is 2. The lowest BCUT2D eigenvalue weighted by Crippen LogP contribution is -2.34. The number of carbonyl (C=O) groups excluding carboxylic acids is 1. The Labute approximate surface area is 112 Å². The van der Waals surface area contributed by atoms with Crippen molar-refractivity contribution in [3.63, 3.8) is 0 Å². The zero-order chi connectivity index (χ0) is 13.8. The molecule has 5 nitrogen and oxygen atoms in total. The van der Waals surface area contributed by atoms with Crippen molar-refractivity contribution in [3.8, 4) is 11.4 Å². The number of nitrogens with two attached hydrogens (primary N) is 1. The number of amides is 1. The molecule has 1 heterocycles. The lowest BCUT2D eigenvalue weighted by molar-refractivity contribution is -0.119. The van der Waals surface area contributed by atoms with Crippen molar-refractivity contribution in [1.29, 1.82) is 0 Å². The number of H-pyrrole nitrogens is 1. The summed E-state index contributed by atoms with van der Waals surface area (Å²) in [6.45, 7) is 3.64. The quantitative estimate of drug-likeness (QED) is 0.784. The van der Waals surface area contributed by atoms with E-state index in [1.807, 2.05) is 38.1 Å². The molecule has 5 heteroatoms. The van der Waals surface area contributed by atoms with Crippen molar-refractivity contribution < 1.29 is 4.79 Å². The van der Waals surface area contributed by atoms with Gasteiger partial charge in [-0.15, -0.1) is 0 Å². The number of aromatic amines is 1. The predicted molar refractivity (Wildman–Crippen MR) is 75.5 cm³/mol. The molecule has 0 saturated heterocycles. The Morgan fingerprint density at radius 1 is 1.42 bits per heavy atom. The Kier molecular flexibility index (Phi) is 3.97. The van der Waals surface area contributed by atoms with Crippen molar-refractivity contribution in [3.05, 3.63) is 36.7 Å². The van der Waals surface area contributed by atoms with E-state index >= 15 is 0 Å². The second-order valence-corrected chi connectivity index (χ2v) is 4.66. The average molecular weight is 258 g/mol. The minimum Gasteiger partial charge on any atom is -0.345 e. The van der Waals surface area contributed by atoms with E-state index in [0.717, 1.165) is 17.1 Å². The Morgan fingerprint density at radius 3 is 2.84 bits per heavy atom. The fourth-order valence-electron chi connectivity index (χ4n) is 1.66. The number of aromatic nitrogens is 2. The van der Waals surface area contributed by atoms with E-state index in [2.05, 4.69) is 15.3 Å². The number of rotatable bonds is 4. The van der Waals surface area contributed by atoms with Gasteiger partial charge in [0.05, 0.1) is 5.92 Å². The minimum absolute atomic E-state index is 0.0772. The first-order chi connectivity index (χ1) is 9.08. The topological polar surface area (TPSA) is 83.8 Å². The second kappa shape index (κ2) is 5.67. The van der Waals surface area contributed by atoms with E-state index in [1.54, 1.807) is 12.4 Å². The predicted octanol–water partition coefficient (Wildman–Crippen LogP) is 2.00. The van der Waals surface area contributed by atoms with Gasteiger partial charge in [0.15, 0.2) is 0 Å². The Bertz CT molecular complexity index is 548. The SMILES string of the molecule is CC(N)C(C)C(=O)Nc1cccc(-c2ncc[nH]2)c1. The molecule has 4 N–H and O–H groups in total. The van der Waals surface area contributed by atoms with Gasteiger partial charge in [-0.2, -0.15) is 0 Å². The van der Waals surface area contributed by atoms with Crippen molar-refractivity contribution in [2.45, 2.75) is 19.9 Å². The molecule has 19 heavy (non-hydrogen) atoms. The van der Waals surface area contributed by atoms with Crippen LogP contribution in [0, 0.1) is 5.92 Å². The summed E-state index contributed by atoms with van der Waals surface area (Å²) in [6, 6.07) is 7.37. The summed E-state index contributed by atoms with van der Waals surface area (Å²) < 4.78 is 0. The van der Waals surface area contributed by atoms with Crippen molar-refractivity contribution in [2.75, 3.05) is 5.32 Å². The molecule has 1 aromatic heterocycles. The molecule has 0 spiro atoms. The maximum atomic E-state index is 11.9.